The smallest absolute Gasteiger partial charge is 0.274 e. The van der Waals surface area contributed by atoms with Gasteiger partial charge in [-0.2, -0.15) is 5.26 Å². The number of pyridine rings is 1. The lowest BCUT2D eigenvalue weighted by atomic mass is 10.0. The maximum Gasteiger partial charge on any atom is 0.274 e. The molecular weight excluding hydrogens is 356 g/mol. The first-order valence-corrected chi connectivity index (χ1v) is 8.68. The van der Waals surface area contributed by atoms with Crippen molar-refractivity contribution >= 4 is 23.0 Å². The molecule has 3 aromatic rings. The van der Waals surface area contributed by atoms with Crippen molar-refractivity contribution in [2.24, 2.45) is 0 Å². The Morgan fingerprint density at radius 1 is 1.29 bits per heavy atom. The first kappa shape index (κ1) is 17.4. The Morgan fingerprint density at radius 2 is 2.11 bits per heavy atom. The third-order valence-corrected chi connectivity index (χ3v) is 4.75. The summed E-state index contributed by atoms with van der Waals surface area (Å²) in [6, 6.07) is 7.03. The minimum atomic E-state index is -0.357. The average Bonchev–Trinajstić information content (AvgIpc) is 3.40. The van der Waals surface area contributed by atoms with E-state index in [9.17, 15) is 10.1 Å². The number of carbonyl (C=O) groups excluding carboxylic acids is 1. The highest BCUT2D eigenvalue weighted by Gasteiger charge is 2.24. The zero-order valence-electron chi connectivity index (χ0n) is 14.8. The Labute approximate surface area is 160 Å². The highest BCUT2D eigenvalue weighted by atomic mass is 16.3. The molecule has 0 saturated carbocycles. The van der Waals surface area contributed by atoms with Crippen molar-refractivity contribution in [2.45, 2.75) is 19.3 Å². The summed E-state index contributed by atoms with van der Waals surface area (Å²) < 4.78 is 5.15. The number of anilines is 2. The monoisotopic (exact) mass is 372 g/mol. The molecule has 0 spiro atoms. The third kappa shape index (κ3) is 2.99. The topological polar surface area (TPSA) is 142 Å². The van der Waals surface area contributed by atoms with Gasteiger partial charge < -0.3 is 15.5 Å². The third-order valence-electron chi connectivity index (χ3n) is 4.75. The highest BCUT2D eigenvalue weighted by molar-refractivity contribution is 6.13. The number of rotatable bonds is 4. The van der Waals surface area contributed by atoms with Crippen LogP contribution in [0.15, 0.2) is 41.4 Å². The van der Waals surface area contributed by atoms with Gasteiger partial charge in [0.2, 0.25) is 0 Å². The second-order valence-electron chi connectivity index (χ2n) is 6.44. The number of nitrogens with one attached hydrogen (secondary N) is 2. The van der Waals surface area contributed by atoms with Crippen LogP contribution in [0, 0.1) is 16.7 Å². The molecule has 4 N–H and O–H groups in total. The molecule has 8 nitrogen and oxygen atoms in total. The van der Waals surface area contributed by atoms with Crippen LogP contribution in [0.2, 0.25) is 0 Å². The van der Waals surface area contributed by atoms with Crippen molar-refractivity contribution in [1.29, 1.82) is 10.7 Å². The van der Waals surface area contributed by atoms with Gasteiger partial charge >= 0.3 is 0 Å². The van der Waals surface area contributed by atoms with E-state index in [2.05, 4.69) is 21.4 Å². The zero-order valence-corrected chi connectivity index (χ0v) is 14.8. The lowest BCUT2D eigenvalue weighted by molar-refractivity contribution is 0.102. The van der Waals surface area contributed by atoms with Gasteiger partial charge in [-0.05, 0) is 48.6 Å². The van der Waals surface area contributed by atoms with Crippen molar-refractivity contribution in [3.05, 3.63) is 70.7 Å². The van der Waals surface area contributed by atoms with Crippen LogP contribution in [0.1, 0.15) is 44.9 Å². The molecule has 1 aliphatic carbocycles. The van der Waals surface area contributed by atoms with Crippen LogP contribution in [-0.4, -0.2) is 21.6 Å². The van der Waals surface area contributed by atoms with E-state index in [-0.39, 0.29) is 17.4 Å². The molecule has 2 aromatic heterocycles. The molecule has 2 heterocycles. The maximum absolute atomic E-state index is 12.8. The van der Waals surface area contributed by atoms with Gasteiger partial charge in [-0.3, -0.25) is 10.2 Å². The molecule has 0 radical (unpaired) electrons. The predicted molar refractivity (Wildman–Crippen MR) is 102 cm³/mol. The molecule has 1 amide bonds. The molecule has 0 atom stereocenters. The van der Waals surface area contributed by atoms with E-state index < -0.39 is 0 Å². The molecule has 0 aliphatic heterocycles. The SMILES string of the molecule is N#Cc1cnc(C(=O)Nc2ccc(N)c(C(=N)c3cnco3)c2)c2c1CCC2. The van der Waals surface area contributed by atoms with Gasteiger partial charge in [0.15, 0.2) is 12.2 Å². The molecule has 138 valence electrons. The van der Waals surface area contributed by atoms with Crippen LogP contribution in [-0.2, 0) is 12.8 Å². The number of amides is 1. The van der Waals surface area contributed by atoms with Gasteiger partial charge in [0.05, 0.1) is 11.8 Å². The van der Waals surface area contributed by atoms with E-state index in [0.717, 1.165) is 30.4 Å². The largest absolute Gasteiger partial charge is 0.442 e. The molecule has 28 heavy (non-hydrogen) atoms. The number of nitriles is 1. The lowest BCUT2D eigenvalue weighted by Gasteiger charge is -2.12. The lowest BCUT2D eigenvalue weighted by Crippen LogP contribution is -2.17. The van der Waals surface area contributed by atoms with Crippen LogP contribution < -0.4 is 11.1 Å². The molecule has 0 bridgehead atoms. The summed E-state index contributed by atoms with van der Waals surface area (Å²) in [6.07, 6.45) is 6.52. The first-order valence-electron chi connectivity index (χ1n) is 8.68. The van der Waals surface area contributed by atoms with Gasteiger partial charge in [-0.15, -0.1) is 0 Å². The van der Waals surface area contributed by atoms with Crippen LogP contribution >= 0.6 is 0 Å². The van der Waals surface area contributed by atoms with Crippen LogP contribution in [0.5, 0.6) is 0 Å². The van der Waals surface area contributed by atoms with Gasteiger partial charge in [0, 0.05) is 23.1 Å². The number of aromatic nitrogens is 2. The van der Waals surface area contributed by atoms with Crippen LogP contribution in [0.4, 0.5) is 11.4 Å². The minimum Gasteiger partial charge on any atom is -0.442 e. The summed E-state index contributed by atoms with van der Waals surface area (Å²) in [6.45, 7) is 0. The van der Waals surface area contributed by atoms with Crippen molar-refractivity contribution in [3.8, 4) is 6.07 Å². The van der Waals surface area contributed by atoms with Gasteiger partial charge in [-0.25, -0.2) is 9.97 Å². The van der Waals surface area contributed by atoms with E-state index in [4.69, 9.17) is 15.6 Å². The fourth-order valence-corrected chi connectivity index (χ4v) is 3.39. The molecule has 1 aromatic carbocycles. The predicted octanol–water partition coefficient (Wildman–Crippen LogP) is 2.68. The molecule has 0 saturated heterocycles. The standard InChI is InChI=1S/C20H16N6O2/c21-7-11-8-25-19(14-3-1-2-13(11)14)20(27)26-12-4-5-16(22)15(6-12)18(23)17-9-24-10-28-17/h4-6,8-10,23H,1-3,22H2,(H,26,27). The number of nitrogen functional groups attached to an aromatic ring is 1. The molecule has 8 heteroatoms. The summed E-state index contributed by atoms with van der Waals surface area (Å²) in [7, 11) is 0. The summed E-state index contributed by atoms with van der Waals surface area (Å²) >= 11 is 0. The number of hydrogen-bond acceptors (Lipinski definition) is 7. The average molecular weight is 372 g/mol. The number of oxazole rings is 1. The van der Waals surface area contributed by atoms with Crippen molar-refractivity contribution in [2.75, 3.05) is 11.1 Å². The molecule has 4 rings (SSSR count). The Morgan fingerprint density at radius 3 is 2.86 bits per heavy atom. The summed E-state index contributed by atoms with van der Waals surface area (Å²) in [5.41, 5.74) is 9.95. The molecular formula is C20H16N6O2. The molecule has 0 fully saturated rings. The number of nitrogens with zero attached hydrogens (tertiary/aromatic N) is 3. The number of hydrogen-bond donors (Lipinski definition) is 3. The minimum absolute atomic E-state index is 0.0727. The number of benzene rings is 1. The Hall–Kier alpha value is -3.99. The summed E-state index contributed by atoms with van der Waals surface area (Å²) in [5, 5.41) is 20.3. The summed E-state index contributed by atoms with van der Waals surface area (Å²) in [5.74, 6) is -0.0775. The van der Waals surface area contributed by atoms with Crippen LogP contribution in [0.3, 0.4) is 0 Å². The zero-order chi connectivity index (χ0) is 19.7. The second-order valence-corrected chi connectivity index (χ2v) is 6.44. The fraction of sp³-hybridized carbons (Fsp3) is 0.150. The van der Waals surface area contributed by atoms with E-state index in [1.807, 2.05) is 0 Å². The fourth-order valence-electron chi connectivity index (χ4n) is 3.39. The van der Waals surface area contributed by atoms with Gasteiger partial charge in [0.25, 0.3) is 5.91 Å². The molecule has 1 aliphatic rings. The number of fused-ring (bicyclic) bond motifs is 1. The Balaban J connectivity index is 1.63. The Kier molecular flexibility index (Phi) is 4.33. The first-order chi connectivity index (χ1) is 13.6. The van der Waals surface area contributed by atoms with Crippen LogP contribution in [0.25, 0.3) is 0 Å². The Bertz CT molecular complexity index is 1130. The van der Waals surface area contributed by atoms with E-state index in [0.29, 0.717) is 28.2 Å². The number of carbonyl (C=O) groups is 1. The summed E-state index contributed by atoms with van der Waals surface area (Å²) in [4.78, 5) is 20.8. The van der Waals surface area contributed by atoms with E-state index >= 15 is 0 Å². The van der Waals surface area contributed by atoms with E-state index in [1.165, 1.54) is 18.8 Å². The van der Waals surface area contributed by atoms with Gasteiger partial charge in [0.1, 0.15) is 17.5 Å². The quantitative estimate of drug-likeness (QED) is 0.475. The normalized spacial score (nSPS) is 12.2. The highest BCUT2D eigenvalue weighted by Crippen LogP contribution is 2.28. The van der Waals surface area contributed by atoms with Crippen molar-refractivity contribution in [1.82, 2.24) is 9.97 Å². The maximum atomic E-state index is 12.8. The van der Waals surface area contributed by atoms with Gasteiger partial charge in [-0.1, -0.05) is 0 Å². The van der Waals surface area contributed by atoms with Crippen molar-refractivity contribution in [3.63, 3.8) is 0 Å². The number of nitrogens with two attached hydrogens (primary N) is 1. The van der Waals surface area contributed by atoms with Crippen molar-refractivity contribution < 1.29 is 9.21 Å². The second kappa shape index (κ2) is 6.96. The van der Waals surface area contributed by atoms with E-state index in [1.54, 1.807) is 18.2 Å². The molecule has 0 unspecified atom stereocenters.